The third kappa shape index (κ3) is 1.17. The minimum atomic E-state index is 1.01. The molecule has 2 aromatic rings. The quantitative estimate of drug-likeness (QED) is 0.598. The summed E-state index contributed by atoms with van der Waals surface area (Å²) in [5.74, 6) is 0. The largest absolute Gasteiger partial charge is 0.460 e. The van der Waals surface area contributed by atoms with E-state index in [2.05, 4.69) is 6.26 Å². The molecule has 1 heteroatoms. The number of hydrogen-bond acceptors (Lipinski definition) is 1. The maximum atomic E-state index is 4.84. The summed E-state index contributed by atoms with van der Waals surface area (Å²) in [5.41, 5.74) is 2.15. The van der Waals surface area contributed by atoms with Gasteiger partial charge in [0.1, 0.15) is 0 Å². The molecular formula is C10H7O. The van der Waals surface area contributed by atoms with E-state index >= 15 is 0 Å². The van der Waals surface area contributed by atoms with Crippen molar-refractivity contribution in [2.75, 3.05) is 0 Å². The van der Waals surface area contributed by atoms with Gasteiger partial charge in [0.2, 0.25) is 0 Å². The van der Waals surface area contributed by atoms with Crippen molar-refractivity contribution in [2.45, 2.75) is 0 Å². The Morgan fingerprint density at radius 1 is 1.00 bits per heavy atom. The van der Waals surface area contributed by atoms with Crippen LogP contribution < -0.4 is 0 Å². The van der Waals surface area contributed by atoms with Crippen molar-refractivity contribution in [1.82, 2.24) is 0 Å². The van der Waals surface area contributed by atoms with E-state index in [0.717, 1.165) is 11.1 Å². The first kappa shape index (κ1) is 6.23. The monoisotopic (exact) mass is 143 g/mol. The average molecular weight is 143 g/mol. The molecule has 0 saturated heterocycles. The summed E-state index contributed by atoms with van der Waals surface area (Å²) in [5, 5.41) is 0. The van der Waals surface area contributed by atoms with Crippen LogP contribution in [-0.2, 0) is 0 Å². The standard InChI is InChI=1S/C10H7O/c1-2-4-9(5-3-1)10-6-7-11-8-10/h1-7H. The number of rotatable bonds is 1. The van der Waals surface area contributed by atoms with E-state index in [4.69, 9.17) is 4.42 Å². The van der Waals surface area contributed by atoms with Crippen LogP contribution in [0.25, 0.3) is 11.1 Å². The van der Waals surface area contributed by atoms with Crippen molar-refractivity contribution in [1.29, 1.82) is 0 Å². The molecule has 1 aromatic carbocycles. The Balaban J connectivity index is 2.46. The molecule has 0 aliphatic heterocycles. The van der Waals surface area contributed by atoms with E-state index in [-0.39, 0.29) is 0 Å². The highest BCUT2D eigenvalue weighted by Crippen LogP contribution is 2.17. The van der Waals surface area contributed by atoms with E-state index in [1.807, 2.05) is 36.4 Å². The normalized spacial score (nSPS) is 9.82. The highest BCUT2D eigenvalue weighted by Gasteiger charge is 1.95. The Morgan fingerprint density at radius 3 is 2.45 bits per heavy atom. The second-order valence-electron chi connectivity index (χ2n) is 2.30. The second-order valence-corrected chi connectivity index (χ2v) is 2.30. The predicted octanol–water partition coefficient (Wildman–Crippen LogP) is 2.75. The van der Waals surface area contributed by atoms with Gasteiger partial charge in [-0.15, -0.1) is 0 Å². The van der Waals surface area contributed by atoms with E-state index in [1.54, 1.807) is 6.26 Å². The molecule has 0 fully saturated rings. The first-order valence-electron chi connectivity index (χ1n) is 3.47. The maximum Gasteiger partial charge on any atom is 0.177 e. The van der Waals surface area contributed by atoms with E-state index in [9.17, 15) is 0 Å². The molecular weight excluding hydrogens is 136 g/mol. The molecule has 0 N–H and O–H groups in total. The molecule has 1 heterocycles. The number of hydrogen-bond donors (Lipinski definition) is 0. The number of benzene rings is 1. The molecule has 11 heavy (non-hydrogen) atoms. The van der Waals surface area contributed by atoms with Crippen LogP contribution in [0.3, 0.4) is 0 Å². The molecule has 1 nitrogen and oxygen atoms in total. The van der Waals surface area contributed by atoms with Gasteiger partial charge < -0.3 is 4.42 Å². The molecule has 53 valence electrons. The zero-order chi connectivity index (χ0) is 7.52. The second kappa shape index (κ2) is 2.62. The van der Waals surface area contributed by atoms with Gasteiger partial charge in [0.25, 0.3) is 0 Å². The third-order valence-corrected chi connectivity index (χ3v) is 1.56. The van der Waals surface area contributed by atoms with Crippen molar-refractivity contribution in [2.24, 2.45) is 0 Å². The third-order valence-electron chi connectivity index (χ3n) is 1.56. The van der Waals surface area contributed by atoms with E-state index in [0.29, 0.717) is 0 Å². The molecule has 0 bridgehead atoms. The maximum absolute atomic E-state index is 4.84. The molecule has 0 spiro atoms. The van der Waals surface area contributed by atoms with Crippen LogP contribution in [0.15, 0.2) is 47.1 Å². The molecule has 0 saturated carbocycles. The lowest BCUT2D eigenvalue weighted by molar-refractivity contribution is 0.559. The van der Waals surface area contributed by atoms with Crippen LogP contribution in [0.1, 0.15) is 0 Å². The van der Waals surface area contributed by atoms with Crippen LogP contribution in [0.4, 0.5) is 0 Å². The summed E-state index contributed by atoms with van der Waals surface area (Å²) in [6, 6.07) is 11.9. The Bertz CT molecular complexity index is 308. The van der Waals surface area contributed by atoms with Crippen LogP contribution in [0.5, 0.6) is 0 Å². The first-order chi connectivity index (χ1) is 5.47. The van der Waals surface area contributed by atoms with Crippen LogP contribution in [0.2, 0.25) is 0 Å². The summed E-state index contributed by atoms with van der Waals surface area (Å²) in [6.07, 6.45) is 4.41. The van der Waals surface area contributed by atoms with Crippen molar-refractivity contribution in [3.05, 3.63) is 48.9 Å². The molecule has 1 aromatic heterocycles. The van der Waals surface area contributed by atoms with Gasteiger partial charge in [-0.2, -0.15) is 0 Å². The van der Waals surface area contributed by atoms with E-state index < -0.39 is 0 Å². The first-order valence-corrected chi connectivity index (χ1v) is 3.47. The predicted molar refractivity (Wildman–Crippen MR) is 43.0 cm³/mol. The molecule has 0 atom stereocenters. The van der Waals surface area contributed by atoms with Crippen molar-refractivity contribution < 1.29 is 4.42 Å². The van der Waals surface area contributed by atoms with Gasteiger partial charge in [0.15, 0.2) is 6.26 Å². The van der Waals surface area contributed by atoms with Crippen molar-refractivity contribution >= 4 is 0 Å². The Kier molecular flexibility index (Phi) is 1.48. The minimum absolute atomic E-state index is 1.01. The fourth-order valence-corrected chi connectivity index (χ4v) is 1.01. The zero-order valence-electron chi connectivity index (χ0n) is 5.95. The van der Waals surface area contributed by atoms with Gasteiger partial charge in [-0.25, -0.2) is 0 Å². The summed E-state index contributed by atoms with van der Waals surface area (Å²) < 4.78 is 4.84. The highest BCUT2D eigenvalue weighted by molar-refractivity contribution is 5.60. The fourth-order valence-electron chi connectivity index (χ4n) is 1.01. The highest BCUT2D eigenvalue weighted by atomic mass is 16.3. The molecule has 0 unspecified atom stereocenters. The lowest BCUT2D eigenvalue weighted by Crippen LogP contribution is -1.69. The summed E-state index contributed by atoms with van der Waals surface area (Å²) >= 11 is 0. The molecule has 2 rings (SSSR count). The number of furan rings is 1. The summed E-state index contributed by atoms with van der Waals surface area (Å²) in [6.45, 7) is 0. The van der Waals surface area contributed by atoms with Crippen LogP contribution >= 0.6 is 0 Å². The molecule has 0 aliphatic carbocycles. The van der Waals surface area contributed by atoms with Gasteiger partial charge in [-0.3, -0.25) is 0 Å². The average Bonchev–Trinajstić information content (AvgIpc) is 2.58. The van der Waals surface area contributed by atoms with Gasteiger partial charge in [-0.1, -0.05) is 30.3 Å². The lowest BCUT2D eigenvalue weighted by atomic mass is 10.1. The van der Waals surface area contributed by atoms with Crippen molar-refractivity contribution in [3.63, 3.8) is 0 Å². The molecule has 0 aliphatic rings. The zero-order valence-corrected chi connectivity index (χ0v) is 5.95. The molecule has 1 radical (unpaired) electrons. The van der Waals surface area contributed by atoms with Gasteiger partial charge in [0, 0.05) is 5.56 Å². The van der Waals surface area contributed by atoms with Gasteiger partial charge >= 0.3 is 0 Å². The SMILES string of the molecule is [c]1occc1-c1ccccc1. The minimum Gasteiger partial charge on any atom is -0.460 e. The van der Waals surface area contributed by atoms with Gasteiger partial charge in [0.05, 0.1) is 6.26 Å². The van der Waals surface area contributed by atoms with Gasteiger partial charge in [-0.05, 0) is 11.6 Å². The van der Waals surface area contributed by atoms with Crippen LogP contribution in [-0.4, -0.2) is 0 Å². The Hall–Kier alpha value is -1.50. The summed E-state index contributed by atoms with van der Waals surface area (Å²) in [7, 11) is 0. The van der Waals surface area contributed by atoms with E-state index in [1.165, 1.54) is 0 Å². The summed E-state index contributed by atoms with van der Waals surface area (Å²) in [4.78, 5) is 0. The van der Waals surface area contributed by atoms with Crippen molar-refractivity contribution in [3.8, 4) is 11.1 Å². The molecule has 0 amide bonds. The lowest BCUT2D eigenvalue weighted by Gasteiger charge is -1.91. The Labute approximate surface area is 65.3 Å². The smallest absolute Gasteiger partial charge is 0.177 e. The van der Waals surface area contributed by atoms with Crippen LogP contribution in [0, 0.1) is 6.26 Å². The fraction of sp³-hybridized carbons (Fsp3) is 0. The topological polar surface area (TPSA) is 13.1 Å². The Morgan fingerprint density at radius 2 is 1.82 bits per heavy atom.